The maximum absolute atomic E-state index is 13.0. The third-order valence-electron chi connectivity index (χ3n) is 3.60. The van der Waals surface area contributed by atoms with Crippen LogP contribution in [0.3, 0.4) is 0 Å². The van der Waals surface area contributed by atoms with Crippen molar-refractivity contribution >= 4 is 21.6 Å². The smallest absolute Gasteiger partial charge is 0.245 e. The van der Waals surface area contributed by atoms with Crippen molar-refractivity contribution in [2.45, 2.75) is 45.1 Å². The van der Waals surface area contributed by atoms with Gasteiger partial charge < -0.3 is 10.1 Å². The van der Waals surface area contributed by atoms with Crippen LogP contribution in [0.4, 0.5) is 10.1 Å². The molecular weight excluding hydrogens is 385 g/mol. The van der Waals surface area contributed by atoms with Crippen molar-refractivity contribution in [3.8, 4) is 5.88 Å². The van der Waals surface area contributed by atoms with E-state index in [0.29, 0.717) is 17.1 Å². The Bertz CT molecular complexity index is 911. The number of carbonyl (C=O) groups excluding carboxylic acids is 1. The first-order chi connectivity index (χ1) is 13.0. The van der Waals surface area contributed by atoms with Gasteiger partial charge in [0.25, 0.3) is 0 Å². The van der Waals surface area contributed by atoms with Crippen LogP contribution in [0.2, 0.25) is 0 Å². The zero-order valence-corrected chi connectivity index (χ0v) is 17.0. The molecular formula is C19H24FN3O4S. The highest BCUT2D eigenvalue weighted by atomic mass is 32.2. The average molecular weight is 409 g/mol. The monoisotopic (exact) mass is 409 g/mol. The molecule has 0 fully saturated rings. The normalized spacial score (nSPS) is 12.1. The van der Waals surface area contributed by atoms with Crippen LogP contribution in [-0.4, -0.2) is 31.0 Å². The van der Waals surface area contributed by atoms with Crippen LogP contribution in [0.15, 0.2) is 42.6 Å². The van der Waals surface area contributed by atoms with Crippen molar-refractivity contribution in [1.29, 1.82) is 0 Å². The van der Waals surface area contributed by atoms with Gasteiger partial charge in [0.05, 0.1) is 23.7 Å². The topological polar surface area (TPSA) is 97.4 Å². The molecule has 0 saturated heterocycles. The number of aromatic nitrogens is 1. The number of nitrogens with one attached hydrogen (secondary N) is 2. The van der Waals surface area contributed by atoms with Gasteiger partial charge in [-0.2, -0.15) is 4.72 Å². The van der Waals surface area contributed by atoms with E-state index in [9.17, 15) is 17.6 Å². The second-order valence-corrected chi connectivity index (χ2v) is 8.84. The molecule has 0 spiro atoms. The molecule has 2 N–H and O–H groups in total. The summed E-state index contributed by atoms with van der Waals surface area (Å²) in [6.07, 6.45) is 1.40. The molecule has 9 heteroatoms. The summed E-state index contributed by atoms with van der Waals surface area (Å²) < 4.78 is 45.5. The molecule has 1 aromatic heterocycles. The van der Waals surface area contributed by atoms with Gasteiger partial charge in [-0.1, -0.05) is 12.1 Å². The van der Waals surface area contributed by atoms with Gasteiger partial charge in [0.1, 0.15) is 11.4 Å². The molecule has 1 amide bonds. The van der Waals surface area contributed by atoms with Crippen LogP contribution in [-0.2, 0) is 20.6 Å². The van der Waals surface area contributed by atoms with Crippen molar-refractivity contribution in [3.63, 3.8) is 0 Å². The predicted octanol–water partition coefficient (Wildman–Crippen LogP) is 2.84. The van der Waals surface area contributed by atoms with Gasteiger partial charge in [0.15, 0.2) is 0 Å². The van der Waals surface area contributed by atoms with Gasteiger partial charge in [-0.15, -0.1) is 0 Å². The van der Waals surface area contributed by atoms with Crippen molar-refractivity contribution < 1.29 is 22.3 Å². The number of anilines is 1. The highest BCUT2D eigenvalue weighted by Crippen LogP contribution is 2.16. The summed E-state index contributed by atoms with van der Waals surface area (Å²) in [5.74, 6) is -0.943. The molecule has 0 aliphatic rings. The Labute approximate surface area is 164 Å². The lowest BCUT2D eigenvalue weighted by atomic mass is 10.1. The number of pyridine rings is 1. The minimum Gasteiger partial charge on any atom is -0.475 e. The fourth-order valence-corrected chi connectivity index (χ4v) is 3.90. The Hall–Kier alpha value is -2.52. The van der Waals surface area contributed by atoms with Gasteiger partial charge in [-0.05, 0) is 51.5 Å². The van der Waals surface area contributed by atoms with Crippen LogP contribution in [0, 0.1) is 5.82 Å². The Kier molecular flexibility index (Phi) is 6.73. The molecule has 0 bridgehead atoms. The van der Waals surface area contributed by atoms with E-state index >= 15 is 0 Å². The zero-order valence-electron chi connectivity index (χ0n) is 16.2. The molecule has 1 heterocycles. The molecule has 0 saturated carbocycles. The van der Waals surface area contributed by atoms with E-state index in [-0.39, 0.29) is 11.9 Å². The van der Waals surface area contributed by atoms with E-state index in [1.54, 1.807) is 12.1 Å². The summed E-state index contributed by atoms with van der Waals surface area (Å²) in [6, 6.07) is 8.36. The first-order valence-electron chi connectivity index (χ1n) is 8.67. The number of benzene rings is 1. The standard InChI is InChI=1S/C19H24FN3O4S/c1-13(2)27-17-10-9-16(11-21-17)22-18(24)19(3,4)23-28(25,26)12-14-5-7-15(20)8-6-14/h5-11,13,23H,12H2,1-4H3,(H,22,24). The fraction of sp³-hybridized carbons (Fsp3) is 0.368. The second kappa shape index (κ2) is 8.66. The van der Waals surface area contributed by atoms with Gasteiger partial charge in [0.2, 0.25) is 21.8 Å². The SMILES string of the molecule is CC(C)Oc1ccc(NC(=O)C(C)(C)NS(=O)(=O)Cc2ccc(F)cc2)cn1. The van der Waals surface area contributed by atoms with Gasteiger partial charge in [-0.25, -0.2) is 17.8 Å². The number of carbonyl (C=O) groups is 1. The van der Waals surface area contributed by atoms with E-state index in [1.165, 1.54) is 44.3 Å². The first-order valence-corrected chi connectivity index (χ1v) is 10.3. The van der Waals surface area contributed by atoms with E-state index in [0.717, 1.165) is 0 Å². The highest BCUT2D eigenvalue weighted by molar-refractivity contribution is 7.88. The van der Waals surface area contributed by atoms with Crippen LogP contribution >= 0.6 is 0 Å². The molecule has 28 heavy (non-hydrogen) atoms. The number of amides is 1. The lowest BCUT2D eigenvalue weighted by molar-refractivity contribution is -0.120. The predicted molar refractivity (Wildman–Crippen MR) is 105 cm³/mol. The Morgan fingerprint density at radius 3 is 2.36 bits per heavy atom. The number of hydrogen-bond donors (Lipinski definition) is 2. The molecule has 0 aliphatic carbocycles. The Balaban J connectivity index is 2.02. The first kappa shape index (κ1) is 21.8. The minimum absolute atomic E-state index is 0.0256. The fourth-order valence-electron chi connectivity index (χ4n) is 2.32. The van der Waals surface area contributed by atoms with Crippen molar-refractivity contribution in [2.75, 3.05) is 5.32 Å². The number of halogens is 1. The lowest BCUT2D eigenvalue weighted by Gasteiger charge is -2.25. The summed E-state index contributed by atoms with van der Waals surface area (Å²) in [5, 5.41) is 2.62. The largest absolute Gasteiger partial charge is 0.475 e. The summed E-state index contributed by atoms with van der Waals surface area (Å²) in [5.41, 5.74) is -0.589. The van der Waals surface area contributed by atoms with E-state index in [4.69, 9.17) is 4.74 Å². The Morgan fingerprint density at radius 2 is 1.82 bits per heavy atom. The molecule has 152 valence electrons. The molecule has 2 aromatic rings. The number of hydrogen-bond acceptors (Lipinski definition) is 5. The van der Waals surface area contributed by atoms with Crippen LogP contribution in [0.1, 0.15) is 33.3 Å². The quantitative estimate of drug-likeness (QED) is 0.699. The number of nitrogens with zero attached hydrogens (tertiary/aromatic N) is 1. The molecule has 0 radical (unpaired) electrons. The molecule has 0 atom stereocenters. The van der Waals surface area contributed by atoms with E-state index in [1.807, 2.05) is 13.8 Å². The van der Waals surface area contributed by atoms with Gasteiger partial charge in [0, 0.05) is 6.07 Å². The van der Waals surface area contributed by atoms with Gasteiger partial charge in [-0.3, -0.25) is 4.79 Å². The average Bonchev–Trinajstić information content (AvgIpc) is 2.57. The summed E-state index contributed by atoms with van der Waals surface area (Å²) in [4.78, 5) is 16.6. The number of ether oxygens (including phenoxy) is 1. The summed E-state index contributed by atoms with van der Waals surface area (Å²) in [6.45, 7) is 6.65. The lowest BCUT2D eigenvalue weighted by Crippen LogP contribution is -2.52. The molecule has 7 nitrogen and oxygen atoms in total. The zero-order chi connectivity index (χ0) is 20.9. The molecule has 0 aliphatic heterocycles. The van der Waals surface area contributed by atoms with Crippen molar-refractivity contribution in [1.82, 2.24) is 9.71 Å². The third kappa shape index (κ3) is 6.58. The van der Waals surface area contributed by atoms with Crippen LogP contribution < -0.4 is 14.8 Å². The maximum atomic E-state index is 13.0. The minimum atomic E-state index is -3.83. The third-order valence-corrected chi connectivity index (χ3v) is 5.13. The van der Waals surface area contributed by atoms with Crippen LogP contribution in [0.5, 0.6) is 5.88 Å². The Morgan fingerprint density at radius 1 is 1.18 bits per heavy atom. The summed E-state index contributed by atoms with van der Waals surface area (Å²) >= 11 is 0. The molecule has 2 rings (SSSR count). The highest BCUT2D eigenvalue weighted by Gasteiger charge is 2.32. The number of sulfonamides is 1. The maximum Gasteiger partial charge on any atom is 0.245 e. The molecule has 0 unspecified atom stereocenters. The van der Waals surface area contributed by atoms with Crippen molar-refractivity contribution in [3.05, 3.63) is 54.0 Å². The van der Waals surface area contributed by atoms with E-state index < -0.39 is 27.3 Å². The molecule has 1 aromatic carbocycles. The number of rotatable bonds is 8. The second-order valence-electron chi connectivity index (χ2n) is 7.12. The van der Waals surface area contributed by atoms with E-state index in [2.05, 4.69) is 15.0 Å². The van der Waals surface area contributed by atoms with Gasteiger partial charge >= 0.3 is 0 Å². The van der Waals surface area contributed by atoms with Crippen LogP contribution in [0.25, 0.3) is 0 Å². The van der Waals surface area contributed by atoms with Crippen molar-refractivity contribution in [2.24, 2.45) is 0 Å². The summed E-state index contributed by atoms with van der Waals surface area (Å²) in [7, 11) is -3.83.